The number of aromatic amines is 1. The van der Waals surface area contributed by atoms with E-state index in [2.05, 4.69) is 28.1 Å². The maximum atomic E-state index is 12.8. The first-order valence-corrected chi connectivity index (χ1v) is 11.5. The fraction of sp³-hybridized carbons (Fsp3) is 0.280. The Labute approximate surface area is 190 Å². The van der Waals surface area contributed by atoms with Crippen molar-refractivity contribution in [3.8, 4) is 21.9 Å². The second kappa shape index (κ2) is 8.76. The molecule has 4 aromatic rings. The number of hydrogen-bond donors (Lipinski definition) is 1. The van der Waals surface area contributed by atoms with Crippen LogP contribution in [-0.4, -0.2) is 35.6 Å². The second-order valence-corrected chi connectivity index (χ2v) is 8.98. The molecule has 1 fully saturated rings. The second-order valence-electron chi connectivity index (χ2n) is 7.94. The summed E-state index contributed by atoms with van der Waals surface area (Å²) in [5.74, 6) is 2.30. The van der Waals surface area contributed by atoms with Crippen molar-refractivity contribution in [1.29, 1.82) is 0 Å². The average Bonchev–Trinajstić information content (AvgIpc) is 3.46. The standard InChI is InChI=1S/C25H25N3O3S/c1-30-17-10-11-18(21(13-17)31-2)20-9-6-12-28(20)15-23-26-24(29)19-14-22(32-25(19)27-23)16-7-4-3-5-8-16/h3-5,7-8,10-11,13-14,20H,6,9,12,15H2,1-2H3,(H,26,27,29)/t20-/m1/s1. The first-order valence-electron chi connectivity index (χ1n) is 10.7. The third kappa shape index (κ3) is 3.89. The molecule has 0 amide bonds. The molecule has 2 aromatic carbocycles. The number of likely N-dealkylation sites (tertiary alicyclic amines) is 1. The lowest BCUT2D eigenvalue weighted by molar-refractivity contribution is 0.237. The SMILES string of the molecule is COc1ccc([C@H]2CCCN2Cc2nc3sc(-c4ccccc4)cc3c(=O)[nH]2)c(OC)c1. The van der Waals surface area contributed by atoms with Crippen LogP contribution in [0.25, 0.3) is 20.7 Å². The highest BCUT2D eigenvalue weighted by Gasteiger charge is 2.29. The van der Waals surface area contributed by atoms with E-state index < -0.39 is 0 Å². The Balaban J connectivity index is 1.44. The molecule has 1 saturated heterocycles. The smallest absolute Gasteiger partial charge is 0.259 e. The minimum absolute atomic E-state index is 0.0822. The van der Waals surface area contributed by atoms with E-state index in [0.29, 0.717) is 17.8 Å². The average molecular weight is 448 g/mol. The Kier molecular flexibility index (Phi) is 5.68. The van der Waals surface area contributed by atoms with Crippen LogP contribution in [0.3, 0.4) is 0 Å². The molecule has 1 aliphatic heterocycles. The van der Waals surface area contributed by atoms with Crippen LogP contribution in [0.2, 0.25) is 0 Å². The molecule has 3 heterocycles. The van der Waals surface area contributed by atoms with Crippen molar-refractivity contribution < 1.29 is 9.47 Å². The Morgan fingerprint density at radius 2 is 1.97 bits per heavy atom. The molecular weight excluding hydrogens is 422 g/mol. The highest BCUT2D eigenvalue weighted by molar-refractivity contribution is 7.21. The van der Waals surface area contributed by atoms with Gasteiger partial charge in [-0.25, -0.2) is 4.98 Å². The Morgan fingerprint density at radius 1 is 1.12 bits per heavy atom. The van der Waals surface area contributed by atoms with Crippen LogP contribution in [0.4, 0.5) is 0 Å². The van der Waals surface area contributed by atoms with Gasteiger partial charge in [0.1, 0.15) is 22.2 Å². The fourth-order valence-electron chi connectivity index (χ4n) is 4.45. The number of fused-ring (bicyclic) bond motifs is 1. The number of nitrogens with zero attached hydrogens (tertiary/aromatic N) is 2. The summed E-state index contributed by atoms with van der Waals surface area (Å²) in [6.07, 6.45) is 2.12. The molecule has 0 unspecified atom stereocenters. The molecule has 32 heavy (non-hydrogen) atoms. The number of hydrogen-bond acceptors (Lipinski definition) is 6. The van der Waals surface area contributed by atoms with E-state index in [1.807, 2.05) is 36.4 Å². The third-order valence-corrected chi connectivity index (χ3v) is 7.10. The molecule has 7 heteroatoms. The van der Waals surface area contributed by atoms with Gasteiger partial charge in [-0.1, -0.05) is 36.4 Å². The van der Waals surface area contributed by atoms with Gasteiger partial charge in [-0.2, -0.15) is 0 Å². The van der Waals surface area contributed by atoms with Gasteiger partial charge in [0.15, 0.2) is 0 Å². The minimum Gasteiger partial charge on any atom is -0.497 e. The topological polar surface area (TPSA) is 67.5 Å². The summed E-state index contributed by atoms with van der Waals surface area (Å²) in [6, 6.07) is 18.2. The van der Waals surface area contributed by atoms with E-state index in [0.717, 1.165) is 51.7 Å². The maximum Gasteiger partial charge on any atom is 0.259 e. The number of methoxy groups -OCH3 is 2. The summed E-state index contributed by atoms with van der Waals surface area (Å²) in [5, 5.41) is 0.646. The number of aromatic nitrogens is 2. The molecular formula is C25H25N3O3S. The van der Waals surface area contributed by atoms with E-state index in [4.69, 9.17) is 14.5 Å². The molecule has 1 aliphatic rings. The normalized spacial score (nSPS) is 16.5. The van der Waals surface area contributed by atoms with Crippen molar-refractivity contribution in [1.82, 2.24) is 14.9 Å². The predicted octanol–water partition coefficient (Wildman–Crippen LogP) is 5.01. The predicted molar refractivity (Wildman–Crippen MR) is 128 cm³/mol. The van der Waals surface area contributed by atoms with E-state index in [1.54, 1.807) is 25.6 Å². The largest absolute Gasteiger partial charge is 0.497 e. The van der Waals surface area contributed by atoms with Crippen LogP contribution in [0.5, 0.6) is 11.5 Å². The molecule has 0 bridgehead atoms. The number of rotatable bonds is 6. The summed E-state index contributed by atoms with van der Waals surface area (Å²) in [4.78, 5) is 24.8. The van der Waals surface area contributed by atoms with Crippen molar-refractivity contribution >= 4 is 21.6 Å². The monoisotopic (exact) mass is 447 g/mol. The van der Waals surface area contributed by atoms with Crippen LogP contribution >= 0.6 is 11.3 Å². The van der Waals surface area contributed by atoms with Gasteiger partial charge >= 0.3 is 0 Å². The summed E-state index contributed by atoms with van der Waals surface area (Å²) in [6.45, 7) is 1.53. The van der Waals surface area contributed by atoms with E-state index in [1.165, 1.54) is 0 Å². The summed E-state index contributed by atoms with van der Waals surface area (Å²) < 4.78 is 11.0. The molecule has 164 valence electrons. The summed E-state index contributed by atoms with van der Waals surface area (Å²) >= 11 is 1.56. The lowest BCUT2D eigenvalue weighted by Crippen LogP contribution is -2.25. The van der Waals surface area contributed by atoms with E-state index in [-0.39, 0.29) is 11.6 Å². The number of thiophene rings is 1. The van der Waals surface area contributed by atoms with Gasteiger partial charge in [0, 0.05) is 22.5 Å². The van der Waals surface area contributed by atoms with Crippen LogP contribution < -0.4 is 15.0 Å². The van der Waals surface area contributed by atoms with Gasteiger partial charge in [0.2, 0.25) is 0 Å². The summed E-state index contributed by atoms with van der Waals surface area (Å²) in [7, 11) is 3.34. The highest BCUT2D eigenvalue weighted by atomic mass is 32.1. The molecule has 1 N–H and O–H groups in total. The number of benzene rings is 2. The molecule has 0 aliphatic carbocycles. The Bertz CT molecular complexity index is 1300. The van der Waals surface area contributed by atoms with Crippen molar-refractivity contribution in [3.05, 3.63) is 76.3 Å². The quantitative estimate of drug-likeness (QED) is 0.450. The van der Waals surface area contributed by atoms with E-state index >= 15 is 0 Å². The van der Waals surface area contributed by atoms with Gasteiger partial charge in [0.25, 0.3) is 5.56 Å². The maximum absolute atomic E-state index is 12.8. The Hall–Kier alpha value is -3.16. The minimum atomic E-state index is -0.0822. The Morgan fingerprint density at radius 3 is 2.75 bits per heavy atom. The number of nitrogens with one attached hydrogen (secondary N) is 1. The highest BCUT2D eigenvalue weighted by Crippen LogP contribution is 2.39. The van der Waals surface area contributed by atoms with Gasteiger partial charge in [-0.3, -0.25) is 9.69 Å². The van der Waals surface area contributed by atoms with Gasteiger partial charge in [-0.05, 0) is 37.1 Å². The van der Waals surface area contributed by atoms with Crippen LogP contribution in [0.15, 0.2) is 59.4 Å². The van der Waals surface area contributed by atoms with Crippen molar-refractivity contribution in [3.63, 3.8) is 0 Å². The lowest BCUT2D eigenvalue weighted by Gasteiger charge is -2.25. The van der Waals surface area contributed by atoms with Gasteiger partial charge < -0.3 is 14.5 Å². The van der Waals surface area contributed by atoms with Crippen LogP contribution in [0.1, 0.15) is 30.3 Å². The fourth-order valence-corrected chi connectivity index (χ4v) is 5.51. The molecule has 0 radical (unpaired) electrons. The van der Waals surface area contributed by atoms with Gasteiger partial charge in [-0.15, -0.1) is 11.3 Å². The molecule has 2 aromatic heterocycles. The number of ether oxygens (including phenoxy) is 2. The summed E-state index contributed by atoms with van der Waals surface area (Å²) in [5.41, 5.74) is 2.15. The molecule has 0 saturated carbocycles. The van der Waals surface area contributed by atoms with Crippen LogP contribution in [0, 0.1) is 0 Å². The number of H-pyrrole nitrogens is 1. The first-order chi connectivity index (χ1) is 15.7. The van der Waals surface area contributed by atoms with Crippen LogP contribution in [-0.2, 0) is 6.54 Å². The zero-order chi connectivity index (χ0) is 22.1. The molecule has 6 nitrogen and oxygen atoms in total. The zero-order valence-electron chi connectivity index (χ0n) is 18.1. The van der Waals surface area contributed by atoms with E-state index in [9.17, 15) is 4.79 Å². The van der Waals surface area contributed by atoms with Crippen molar-refractivity contribution in [2.24, 2.45) is 0 Å². The third-order valence-electron chi connectivity index (χ3n) is 6.03. The molecule has 5 rings (SSSR count). The first kappa shape index (κ1) is 20.7. The van der Waals surface area contributed by atoms with Crippen molar-refractivity contribution in [2.75, 3.05) is 20.8 Å². The molecule has 1 atom stereocenters. The lowest BCUT2D eigenvalue weighted by atomic mass is 10.0. The zero-order valence-corrected chi connectivity index (χ0v) is 18.9. The van der Waals surface area contributed by atoms with Crippen molar-refractivity contribution in [2.45, 2.75) is 25.4 Å². The van der Waals surface area contributed by atoms with Gasteiger partial charge in [0.05, 0.1) is 26.2 Å². The molecule has 0 spiro atoms.